The molecule has 0 spiro atoms. The lowest BCUT2D eigenvalue weighted by molar-refractivity contribution is 0.0930. The van der Waals surface area contributed by atoms with Gasteiger partial charge in [0, 0.05) is 16.7 Å². The van der Waals surface area contributed by atoms with E-state index in [0.717, 1.165) is 29.3 Å². The zero-order chi connectivity index (χ0) is 15.5. The molecule has 3 rings (SSSR count). The summed E-state index contributed by atoms with van der Waals surface area (Å²) >= 11 is 3.32. The maximum atomic E-state index is 12.9. The van der Waals surface area contributed by atoms with Crippen LogP contribution >= 0.6 is 15.9 Å². The van der Waals surface area contributed by atoms with E-state index in [9.17, 15) is 9.18 Å². The Morgan fingerprint density at radius 3 is 2.68 bits per heavy atom. The molecule has 0 fully saturated rings. The standard InChI is InChI=1S/C17H16BrFN2O/c18-13-9-16(20-10-13)17(22)21-15-7-3-12(4-8-15)11-1-5-14(19)6-2-11/h1-3,5-6,9-10,15,20H,4,7-8H2,(H,21,22). The molecule has 1 aliphatic carbocycles. The molecule has 1 amide bonds. The van der Waals surface area contributed by atoms with Crippen LogP contribution in [-0.2, 0) is 0 Å². The summed E-state index contributed by atoms with van der Waals surface area (Å²) in [5, 5.41) is 3.03. The first-order valence-corrected chi connectivity index (χ1v) is 8.01. The third-order valence-corrected chi connectivity index (χ3v) is 4.31. The third-order valence-electron chi connectivity index (χ3n) is 3.85. The van der Waals surface area contributed by atoms with E-state index in [1.165, 1.54) is 17.7 Å². The number of amides is 1. The molecule has 0 saturated heterocycles. The Morgan fingerprint density at radius 1 is 1.32 bits per heavy atom. The zero-order valence-electron chi connectivity index (χ0n) is 11.9. The van der Waals surface area contributed by atoms with Gasteiger partial charge in [-0.3, -0.25) is 4.79 Å². The molecular weight excluding hydrogens is 347 g/mol. The fourth-order valence-electron chi connectivity index (χ4n) is 2.65. The van der Waals surface area contributed by atoms with E-state index in [2.05, 4.69) is 32.3 Å². The normalized spacial score (nSPS) is 17.9. The topological polar surface area (TPSA) is 44.9 Å². The molecule has 1 atom stereocenters. The van der Waals surface area contributed by atoms with Gasteiger partial charge in [-0.2, -0.15) is 0 Å². The molecule has 1 aromatic heterocycles. The van der Waals surface area contributed by atoms with E-state index in [-0.39, 0.29) is 17.8 Å². The van der Waals surface area contributed by atoms with Crippen molar-refractivity contribution >= 4 is 27.4 Å². The van der Waals surface area contributed by atoms with Crippen molar-refractivity contribution in [2.45, 2.75) is 25.3 Å². The predicted molar refractivity (Wildman–Crippen MR) is 88.0 cm³/mol. The van der Waals surface area contributed by atoms with Gasteiger partial charge in [-0.15, -0.1) is 0 Å². The van der Waals surface area contributed by atoms with E-state index in [1.807, 2.05) is 0 Å². The Labute approximate surface area is 136 Å². The van der Waals surface area contributed by atoms with Crippen LogP contribution in [0.4, 0.5) is 4.39 Å². The van der Waals surface area contributed by atoms with E-state index >= 15 is 0 Å². The second-order valence-corrected chi connectivity index (χ2v) is 6.33. The Morgan fingerprint density at radius 2 is 2.09 bits per heavy atom. The van der Waals surface area contributed by atoms with Crippen molar-refractivity contribution in [2.75, 3.05) is 0 Å². The molecule has 1 aromatic carbocycles. The molecular formula is C17H16BrFN2O. The molecule has 1 heterocycles. The number of allylic oxidation sites excluding steroid dienone is 1. The lowest BCUT2D eigenvalue weighted by atomic mass is 9.90. The smallest absolute Gasteiger partial charge is 0.267 e. The zero-order valence-corrected chi connectivity index (χ0v) is 13.5. The largest absolute Gasteiger partial charge is 0.356 e. The van der Waals surface area contributed by atoms with Crippen LogP contribution < -0.4 is 5.32 Å². The minimum atomic E-state index is -0.220. The van der Waals surface area contributed by atoms with Crippen LogP contribution in [0.15, 0.2) is 47.1 Å². The predicted octanol–water partition coefficient (Wildman–Crippen LogP) is 4.28. The molecule has 0 radical (unpaired) electrons. The van der Waals surface area contributed by atoms with Crippen molar-refractivity contribution in [1.82, 2.24) is 10.3 Å². The van der Waals surface area contributed by atoms with Crippen molar-refractivity contribution in [2.24, 2.45) is 0 Å². The van der Waals surface area contributed by atoms with Crippen LogP contribution in [-0.4, -0.2) is 16.9 Å². The first kappa shape index (κ1) is 15.0. The Kier molecular flexibility index (Phi) is 4.43. The van der Waals surface area contributed by atoms with Gasteiger partial charge in [0.25, 0.3) is 5.91 Å². The number of carbonyl (C=O) groups excluding carboxylic acids is 1. The van der Waals surface area contributed by atoms with Gasteiger partial charge in [0.05, 0.1) is 0 Å². The second-order valence-electron chi connectivity index (χ2n) is 5.41. The number of hydrogen-bond donors (Lipinski definition) is 2. The monoisotopic (exact) mass is 362 g/mol. The van der Waals surface area contributed by atoms with Gasteiger partial charge in [0.2, 0.25) is 0 Å². The third kappa shape index (κ3) is 3.47. The summed E-state index contributed by atoms with van der Waals surface area (Å²) in [4.78, 5) is 15.0. The number of carbonyl (C=O) groups is 1. The summed E-state index contributed by atoms with van der Waals surface area (Å²) in [5.74, 6) is -0.309. The summed E-state index contributed by atoms with van der Waals surface area (Å²) in [6, 6.07) is 8.46. The molecule has 2 aromatic rings. The van der Waals surface area contributed by atoms with Crippen molar-refractivity contribution in [1.29, 1.82) is 0 Å². The second kappa shape index (κ2) is 6.48. The number of hydrogen-bond acceptors (Lipinski definition) is 1. The number of H-pyrrole nitrogens is 1. The number of benzene rings is 1. The summed E-state index contributed by atoms with van der Waals surface area (Å²) in [7, 11) is 0. The first-order valence-electron chi connectivity index (χ1n) is 7.21. The van der Waals surface area contributed by atoms with Crippen LogP contribution in [0.25, 0.3) is 5.57 Å². The maximum absolute atomic E-state index is 12.9. The maximum Gasteiger partial charge on any atom is 0.267 e. The summed E-state index contributed by atoms with van der Waals surface area (Å²) in [6.45, 7) is 0. The Hall–Kier alpha value is -1.88. The van der Waals surface area contributed by atoms with Gasteiger partial charge in [-0.05, 0) is 64.5 Å². The van der Waals surface area contributed by atoms with Gasteiger partial charge in [0.15, 0.2) is 0 Å². The molecule has 0 bridgehead atoms. The SMILES string of the molecule is O=C(NC1CC=C(c2ccc(F)cc2)CC1)c1cc(Br)c[nH]1. The Bertz CT molecular complexity index is 706. The number of aromatic nitrogens is 1. The lowest BCUT2D eigenvalue weighted by Crippen LogP contribution is -2.35. The number of nitrogens with one attached hydrogen (secondary N) is 2. The van der Waals surface area contributed by atoms with Crippen molar-refractivity contribution in [3.05, 3.63) is 64.2 Å². The Balaban J connectivity index is 1.61. The molecule has 0 aliphatic heterocycles. The van der Waals surface area contributed by atoms with Gasteiger partial charge >= 0.3 is 0 Å². The molecule has 1 aliphatic rings. The average molecular weight is 363 g/mol. The highest BCUT2D eigenvalue weighted by atomic mass is 79.9. The summed E-state index contributed by atoms with van der Waals surface area (Å²) in [6.07, 6.45) is 6.43. The molecule has 5 heteroatoms. The number of rotatable bonds is 3. The van der Waals surface area contributed by atoms with E-state index < -0.39 is 0 Å². The van der Waals surface area contributed by atoms with Crippen molar-refractivity contribution in [3.63, 3.8) is 0 Å². The summed E-state index contributed by atoms with van der Waals surface area (Å²) in [5.41, 5.74) is 2.83. The minimum absolute atomic E-state index is 0.0886. The van der Waals surface area contributed by atoms with Crippen LogP contribution in [0.5, 0.6) is 0 Å². The first-order chi connectivity index (χ1) is 10.6. The van der Waals surface area contributed by atoms with Crippen LogP contribution in [0.1, 0.15) is 35.3 Å². The molecule has 22 heavy (non-hydrogen) atoms. The van der Waals surface area contributed by atoms with E-state index in [4.69, 9.17) is 0 Å². The van der Waals surface area contributed by atoms with E-state index in [1.54, 1.807) is 24.4 Å². The fourth-order valence-corrected chi connectivity index (χ4v) is 3.00. The minimum Gasteiger partial charge on any atom is -0.356 e. The highest BCUT2D eigenvalue weighted by Gasteiger charge is 2.18. The molecule has 1 unspecified atom stereocenters. The highest BCUT2D eigenvalue weighted by molar-refractivity contribution is 9.10. The molecule has 2 N–H and O–H groups in total. The van der Waals surface area contributed by atoms with Crippen LogP contribution in [0, 0.1) is 5.82 Å². The van der Waals surface area contributed by atoms with Crippen LogP contribution in [0.2, 0.25) is 0 Å². The molecule has 114 valence electrons. The van der Waals surface area contributed by atoms with Gasteiger partial charge in [-0.25, -0.2) is 4.39 Å². The number of halogens is 2. The van der Waals surface area contributed by atoms with Gasteiger partial charge < -0.3 is 10.3 Å². The summed E-state index contributed by atoms with van der Waals surface area (Å²) < 4.78 is 13.8. The quantitative estimate of drug-likeness (QED) is 0.840. The molecule has 3 nitrogen and oxygen atoms in total. The van der Waals surface area contributed by atoms with Crippen LogP contribution in [0.3, 0.4) is 0 Å². The van der Waals surface area contributed by atoms with E-state index in [0.29, 0.717) is 5.69 Å². The van der Waals surface area contributed by atoms with Crippen molar-refractivity contribution < 1.29 is 9.18 Å². The van der Waals surface area contributed by atoms with Crippen molar-refractivity contribution in [3.8, 4) is 0 Å². The average Bonchev–Trinajstić information content (AvgIpc) is 2.96. The van der Waals surface area contributed by atoms with Gasteiger partial charge in [-0.1, -0.05) is 18.2 Å². The number of aromatic amines is 1. The highest BCUT2D eigenvalue weighted by Crippen LogP contribution is 2.27. The van der Waals surface area contributed by atoms with Gasteiger partial charge in [0.1, 0.15) is 11.5 Å². The lowest BCUT2D eigenvalue weighted by Gasteiger charge is -2.23. The fraction of sp³-hybridized carbons (Fsp3) is 0.235. The molecule has 0 saturated carbocycles.